The van der Waals surface area contributed by atoms with Gasteiger partial charge in [0.15, 0.2) is 4.96 Å². The number of aryl methyl sites for hydroxylation is 1. The lowest BCUT2D eigenvalue weighted by Gasteiger charge is -2.18. The summed E-state index contributed by atoms with van der Waals surface area (Å²) in [6.07, 6.45) is 6.90. The minimum atomic E-state index is -0.0263. The molecule has 0 aliphatic heterocycles. The van der Waals surface area contributed by atoms with Crippen molar-refractivity contribution in [1.29, 1.82) is 0 Å². The minimum absolute atomic E-state index is 0.0263. The van der Waals surface area contributed by atoms with E-state index in [0.29, 0.717) is 5.75 Å². The lowest BCUT2D eigenvalue weighted by Crippen LogP contribution is -2.12. The molecule has 0 bridgehead atoms. The summed E-state index contributed by atoms with van der Waals surface area (Å²) in [5.41, 5.74) is 2.21. The fraction of sp³-hybridized carbons (Fsp3) is 0.333. The van der Waals surface area contributed by atoms with Crippen molar-refractivity contribution in [3.8, 4) is 0 Å². The van der Waals surface area contributed by atoms with Gasteiger partial charge in [0.05, 0.1) is 5.69 Å². The lowest BCUT2D eigenvalue weighted by atomic mass is 9.89. The molecule has 0 amide bonds. The summed E-state index contributed by atoms with van der Waals surface area (Å²) in [5, 5.41) is 4.11. The molecule has 8 heteroatoms. The fourth-order valence-electron chi connectivity index (χ4n) is 3.46. The van der Waals surface area contributed by atoms with Crippen LogP contribution >= 0.6 is 34.4 Å². The molecule has 0 N–H and O–H groups in total. The highest BCUT2D eigenvalue weighted by molar-refractivity contribution is 7.98. The normalized spacial score (nSPS) is 17.0. The third-order valence-electron chi connectivity index (χ3n) is 4.77. The van der Waals surface area contributed by atoms with Crippen molar-refractivity contribution in [3.63, 3.8) is 0 Å². The molecule has 0 saturated heterocycles. The van der Waals surface area contributed by atoms with E-state index in [1.807, 2.05) is 16.7 Å². The number of hydrogen-bond donors (Lipinski definition) is 0. The molecular formula is C18H16N4OS3. The number of aromatic nitrogens is 4. The van der Waals surface area contributed by atoms with Gasteiger partial charge in [-0.2, -0.15) is 0 Å². The molecule has 0 spiro atoms. The Hall–Kier alpha value is -1.77. The van der Waals surface area contributed by atoms with Gasteiger partial charge < -0.3 is 0 Å². The molecule has 4 aromatic rings. The van der Waals surface area contributed by atoms with Crippen LogP contribution in [0.2, 0.25) is 0 Å². The first-order valence-corrected chi connectivity index (χ1v) is 11.2. The van der Waals surface area contributed by atoms with Gasteiger partial charge in [0, 0.05) is 33.7 Å². The second-order valence-corrected chi connectivity index (χ2v) is 9.56. The molecule has 132 valence electrons. The highest BCUT2D eigenvalue weighted by Gasteiger charge is 2.23. The summed E-state index contributed by atoms with van der Waals surface area (Å²) in [6.45, 7) is 2.32. The molecule has 4 heterocycles. The Labute approximate surface area is 162 Å². The van der Waals surface area contributed by atoms with Gasteiger partial charge in [-0.3, -0.25) is 9.20 Å². The number of hydrogen-bond acceptors (Lipinski definition) is 7. The van der Waals surface area contributed by atoms with Crippen molar-refractivity contribution in [1.82, 2.24) is 19.4 Å². The summed E-state index contributed by atoms with van der Waals surface area (Å²) in [5.74, 6) is 1.38. The Morgan fingerprint density at radius 3 is 3.23 bits per heavy atom. The minimum Gasteiger partial charge on any atom is -0.269 e. The van der Waals surface area contributed by atoms with E-state index in [0.717, 1.165) is 39.3 Å². The Balaban J connectivity index is 1.50. The standard InChI is InChI=1S/C18H16N4OS3/c1-10-2-3-12-13(6-10)26-17-15(12)16(19-9-20-17)25-8-11-7-14(23)22-4-5-24-18(22)21-11/h4-5,7,9-10H,2-3,6,8H2,1H3/t10-/m0/s1. The number of thiophene rings is 1. The van der Waals surface area contributed by atoms with Crippen molar-refractivity contribution in [2.24, 2.45) is 5.92 Å². The highest BCUT2D eigenvalue weighted by Crippen LogP contribution is 2.40. The monoisotopic (exact) mass is 400 g/mol. The second-order valence-electron chi connectivity index (χ2n) is 6.64. The number of rotatable bonds is 3. The fourth-order valence-corrected chi connectivity index (χ4v) is 6.53. The maximum Gasteiger partial charge on any atom is 0.258 e. The van der Waals surface area contributed by atoms with Crippen molar-refractivity contribution < 1.29 is 0 Å². The van der Waals surface area contributed by atoms with Gasteiger partial charge in [-0.15, -0.1) is 22.7 Å². The van der Waals surface area contributed by atoms with E-state index < -0.39 is 0 Å². The van der Waals surface area contributed by atoms with Gasteiger partial charge in [-0.1, -0.05) is 18.7 Å². The topological polar surface area (TPSA) is 60.2 Å². The van der Waals surface area contributed by atoms with Gasteiger partial charge in [0.25, 0.3) is 5.56 Å². The molecule has 0 radical (unpaired) electrons. The molecule has 0 saturated carbocycles. The van der Waals surface area contributed by atoms with Crippen LogP contribution in [0.1, 0.15) is 29.5 Å². The zero-order valence-electron chi connectivity index (χ0n) is 14.1. The lowest BCUT2D eigenvalue weighted by molar-refractivity contribution is 0.509. The van der Waals surface area contributed by atoms with Gasteiger partial charge in [-0.05, 0) is 30.7 Å². The van der Waals surface area contributed by atoms with E-state index in [4.69, 9.17) is 0 Å². The first-order chi connectivity index (χ1) is 12.7. The van der Waals surface area contributed by atoms with Crippen LogP contribution in [0.5, 0.6) is 0 Å². The summed E-state index contributed by atoms with van der Waals surface area (Å²) in [7, 11) is 0. The predicted molar refractivity (Wildman–Crippen MR) is 108 cm³/mol. The molecule has 0 aromatic carbocycles. The quantitative estimate of drug-likeness (QED) is 0.381. The largest absolute Gasteiger partial charge is 0.269 e. The predicted octanol–water partition coefficient (Wildman–Crippen LogP) is 4.18. The molecule has 0 fully saturated rings. The molecule has 5 rings (SSSR count). The average Bonchev–Trinajstić information content (AvgIpc) is 3.23. The molecule has 26 heavy (non-hydrogen) atoms. The highest BCUT2D eigenvalue weighted by atomic mass is 32.2. The molecule has 1 aliphatic rings. The summed E-state index contributed by atoms with van der Waals surface area (Å²) >= 11 is 4.94. The molecule has 4 aromatic heterocycles. The van der Waals surface area contributed by atoms with Crippen molar-refractivity contribution in [2.75, 3.05) is 0 Å². The van der Waals surface area contributed by atoms with Crippen molar-refractivity contribution >= 4 is 49.6 Å². The van der Waals surface area contributed by atoms with Gasteiger partial charge >= 0.3 is 0 Å². The van der Waals surface area contributed by atoms with Crippen LogP contribution in [-0.4, -0.2) is 19.4 Å². The van der Waals surface area contributed by atoms with E-state index >= 15 is 0 Å². The van der Waals surface area contributed by atoms with Crippen molar-refractivity contribution in [2.45, 2.75) is 37.0 Å². The van der Waals surface area contributed by atoms with E-state index in [9.17, 15) is 4.79 Å². The van der Waals surface area contributed by atoms with Gasteiger partial charge in [-0.25, -0.2) is 15.0 Å². The number of fused-ring (bicyclic) bond motifs is 4. The smallest absolute Gasteiger partial charge is 0.258 e. The van der Waals surface area contributed by atoms with E-state index in [1.54, 1.807) is 34.8 Å². The Kier molecular flexibility index (Phi) is 4.06. The summed E-state index contributed by atoms with van der Waals surface area (Å²) < 4.78 is 1.58. The van der Waals surface area contributed by atoms with Crippen LogP contribution in [0.15, 0.2) is 33.8 Å². The van der Waals surface area contributed by atoms with E-state index in [2.05, 4.69) is 21.9 Å². The maximum atomic E-state index is 12.2. The Morgan fingerprint density at radius 1 is 1.38 bits per heavy atom. The zero-order chi connectivity index (χ0) is 17.7. The van der Waals surface area contributed by atoms with E-state index in [-0.39, 0.29) is 5.56 Å². The molecule has 1 atom stereocenters. The third-order valence-corrected chi connectivity index (χ3v) is 7.71. The van der Waals surface area contributed by atoms with Crippen LogP contribution in [0.25, 0.3) is 15.2 Å². The third kappa shape index (κ3) is 2.76. The van der Waals surface area contributed by atoms with E-state index in [1.165, 1.54) is 33.6 Å². The molecule has 0 unspecified atom stereocenters. The molecular weight excluding hydrogens is 384 g/mol. The van der Waals surface area contributed by atoms with Crippen LogP contribution in [0.4, 0.5) is 0 Å². The Morgan fingerprint density at radius 2 is 2.31 bits per heavy atom. The average molecular weight is 401 g/mol. The first kappa shape index (κ1) is 16.4. The van der Waals surface area contributed by atoms with Crippen LogP contribution in [0, 0.1) is 5.92 Å². The molecule has 5 nitrogen and oxygen atoms in total. The molecule has 1 aliphatic carbocycles. The zero-order valence-corrected chi connectivity index (χ0v) is 16.6. The summed E-state index contributed by atoms with van der Waals surface area (Å²) in [4.78, 5) is 29.1. The van der Waals surface area contributed by atoms with Crippen molar-refractivity contribution in [3.05, 3.63) is 50.5 Å². The first-order valence-electron chi connectivity index (χ1n) is 8.53. The number of thioether (sulfide) groups is 1. The van der Waals surface area contributed by atoms with Crippen LogP contribution < -0.4 is 5.56 Å². The number of nitrogens with zero attached hydrogens (tertiary/aromatic N) is 4. The van der Waals surface area contributed by atoms with Gasteiger partial charge in [0.2, 0.25) is 0 Å². The maximum absolute atomic E-state index is 12.2. The van der Waals surface area contributed by atoms with Crippen LogP contribution in [0.3, 0.4) is 0 Å². The Bertz CT molecular complexity index is 1180. The summed E-state index contributed by atoms with van der Waals surface area (Å²) in [6, 6.07) is 1.62. The second kappa shape index (κ2) is 6.44. The SMILES string of the molecule is C[C@H]1CCc2c(sc3ncnc(SCc4cc(=O)n5ccsc5n4)c23)C1. The number of thiazole rings is 1. The van der Waals surface area contributed by atoms with Crippen LogP contribution in [-0.2, 0) is 18.6 Å². The van der Waals surface area contributed by atoms with Gasteiger partial charge in [0.1, 0.15) is 16.2 Å².